The van der Waals surface area contributed by atoms with Crippen LogP contribution in [0.25, 0.3) is 10.9 Å². The van der Waals surface area contributed by atoms with Gasteiger partial charge in [0.2, 0.25) is 0 Å². The maximum atomic E-state index is 6.12. The highest BCUT2D eigenvalue weighted by atomic mass is 35.5. The molecule has 1 N–H and O–H groups in total. The van der Waals surface area contributed by atoms with Crippen LogP contribution in [0.5, 0.6) is 0 Å². The number of fused-ring (bicyclic) bond motifs is 1. The van der Waals surface area contributed by atoms with Crippen LogP contribution in [0.3, 0.4) is 0 Å². The Hall–Kier alpha value is -2.57. The van der Waals surface area contributed by atoms with Crippen LogP contribution in [-0.2, 0) is 6.42 Å². The summed E-state index contributed by atoms with van der Waals surface area (Å²) in [5, 5.41) is 5.45. The van der Waals surface area contributed by atoms with Crippen LogP contribution >= 0.6 is 11.6 Å². The molecule has 3 aromatic rings. The Kier molecular flexibility index (Phi) is 7.59. The van der Waals surface area contributed by atoms with Crippen molar-refractivity contribution in [1.29, 1.82) is 0 Å². The summed E-state index contributed by atoms with van der Waals surface area (Å²) in [6.45, 7) is 13.2. The van der Waals surface area contributed by atoms with Crippen molar-refractivity contribution in [3.05, 3.63) is 52.8 Å². The van der Waals surface area contributed by atoms with Crippen molar-refractivity contribution in [1.82, 2.24) is 14.9 Å². The van der Waals surface area contributed by atoms with E-state index in [4.69, 9.17) is 16.6 Å². The third kappa shape index (κ3) is 5.49. The van der Waals surface area contributed by atoms with Gasteiger partial charge in [-0.05, 0) is 69.5 Å². The highest BCUT2D eigenvalue weighted by molar-refractivity contribution is 6.31. The molecule has 0 aliphatic carbocycles. The predicted molar refractivity (Wildman–Crippen MR) is 148 cm³/mol. The van der Waals surface area contributed by atoms with E-state index < -0.39 is 0 Å². The molecule has 0 radical (unpaired) electrons. The predicted octanol–water partition coefficient (Wildman–Crippen LogP) is 5.38. The number of piperazine rings is 1. The van der Waals surface area contributed by atoms with Crippen LogP contribution in [0.1, 0.15) is 37.4 Å². The number of rotatable bonds is 8. The first-order valence-electron chi connectivity index (χ1n) is 13.1. The van der Waals surface area contributed by atoms with Crippen LogP contribution in [0, 0.1) is 6.92 Å². The monoisotopic (exact) mass is 492 g/mol. The number of aryl methyl sites for hydroxylation is 1. The smallest absolute Gasteiger partial charge is 0.134 e. The van der Waals surface area contributed by atoms with E-state index in [1.807, 2.05) is 30.5 Å². The lowest BCUT2D eigenvalue weighted by Crippen LogP contribution is -2.47. The molecule has 1 aromatic carbocycles. The van der Waals surface area contributed by atoms with E-state index in [1.165, 1.54) is 29.9 Å². The van der Waals surface area contributed by atoms with Gasteiger partial charge < -0.3 is 15.1 Å². The van der Waals surface area contributed by atoms with E-state index in [0.717, 1.165) is 92.5 Å². The minimum absolute atomic E-state index is 0.724. The van der Waals surface area contributed by atoms with Gasteiger partial charge in [-0.25, -0.2) is 4.98 Å². The standard InChI is InChI=1S/C28H37ClN6/c1-3-23-27(19-21(2)32-28(23)35-13-4-5-14-35)34-17-15-33(16-18-34)12-6-10-30-25-9-11-31-26-20-22(29)7-8-24(25)26/h7-9,11,19-20H,3-6,10,12-18H2,1-2H3,(H,30,31). The van der Waals surface area contributed by atoms with E-state index >= 15 is 0 Å². The number of halogens is 1. The molecule has 2 saturated heterocycles. The van der Waals surface area contributed by atoms with Crippen LogP contribution in [0.2, 0.25) is 5.02 Å². The SMILES string of the molecule is CCc1c(N2CCN(CCCNc3ccnc4cc(Cl)ccc34)CC2)cc(C)nc1N1CCCC1. The molecule has 5 rings (SSSR count). The second-order valence-electron chi connectivity index (χ2n) is 9.76. The summed E-state index contributed by atoms with van der Waals surface area (Å²) in [6, 6.07) is 10.3. The Labute approximate surface area is 214 Å². The molecule has 0 saturated carbocycles. The van der Waals surface area contributed by atoms with Gasteiger partial charge in [0.1, 0.15) is 5.82 Å². The van der Waals surface area contributed by atoms with Gasteiger partial charge in [-0.2, -0.15) is 0 Å². The van der Waals surface area contributed by atoms with Gasteiger partial charge in [-0.15, -0.1) is 0 Å². The topological polar surface area (TPSA) is 47.5 Å². The Balaban J connectivity index is 1.15. The molecule has 2 aliphatic heterocycles. The molecule has 2 fully saturated rings. The van der Waals surface area contributed by atoms with Crippen molar-refractivity contribution >= 4 is 39.7 Å². The zero-order valence-electron chi connectivity index (χ0n) is 21.1. The van der Waals surface area contributed by atoms with E-state index in [9.17, 15) is 0 Å². The van der Waals surface area contributed by atoms with Gasteiger partial charge in [0.15, 0.2) is 0 Å². The maximum absolute atomic E-state index is 6.12. The van der Waals surface area contributed by atoms with Crippen molar-refractivity contribution in [2.24, 2.45) is 0 Å². The summed E-state index contributed by atoms with van der Waals surface area (Å²) < 4.78 is 0. The number of hydrogen-bond acceptors (Lipinski definition) is 6. The highest BCUT2D eigenvalue weighted by Crippen LogP contribution is 2.32. The van der Waals surface area contributed by atoms with Crippen LogP contribution in [0.15, 0.2) is 36.5 Å². The summed E-state index contributed by atoms with van der Waals surface area (Å²) in [5.41, 5.74) is 6.04. The van der Waals surface area contributed by atoms with Gasteiger partial charge >= 0.3 is 0 Å². The molecule has 4 heterocycles. The molecule has 186 valence electrons. The molecule has 0 atom stereocenters. The minimum atomic E-state index is 0.724. The van der Waals surface area contributed by atoms with Gasteiger partial charge in [0.25, 0.3) is 0 Å². The minimum Gasteiger partial charge on any atom is -0.384 e. The molecule has 35 heavy (non-hydrogen) atoms. The molecule has 2 aliphatic rings. The molecule has 0 unspecified atom stereocenters. The number of nitrogens with zero attached hydrogens (tertiary/aromatic N) is 5. The van der Waals surface area contributed by atoms with Gasteiger partial charge in [-0.1, -0.05) is 18.5 Å². The Morgan fingerprint density at radius 3 is 2.54 bits per heavy atom. The van der Waals surface area contributed by atoms with Gasteiger partial charge in [-0.3, -0.25) is 9.88 Å². The van der Waals surface area contributed by atoms with Crippen LogP contribution in [-0.4, -0.2) is 67.2 Å². The summed E-state index contributed by atoms with van der Waals surface area (Å²) >= 11 is 6.12. The lowest BCUT2D eigenvalue weighted by Gasteiger charge is -2.38. The fourth-order valence-corrected chi connectivity index (χ4v) is 5.66. The van der Waals surface area contributed by atoms with Crippen molar-refractivity contribution in [2.45, 2.75) is 39.5 Å². The molecule has 7 heteroatoms. The van der Waals surface area contributed by atoms with Crippen LogP contribution < -0.4 is 15.1 Å². The number of pyridine rings is 2. The fourth-order valence-electron chi connectivity index (χ4n) is 5.49. The first-order valence-corrected chi connectivity index (χ1v) is 13.5. The zero-order chi connectivity index (χ0) is 24.2. The van der Waals surface area contributed by atoms with E-state index in [2.05, 4.69) is 44.9 Å². The van der Waals surface area contributed by atoms with E-state index in [0.29, 0.717) is 0 Å². The summed E-state index contributed by atoms with van der Waals surface area (Å²) in [6.07, 6.45) is 6.57. The van der Waals surface area contributed by atoms with Crippen molar-refractivity contribution in [2.75, 3.05) is 67.5 Å². The molecule has 0 spiro atoms. The average molecular weight is 493 g/mol. The molecule has 2 aromatic heterocycles. The normalized spacial score (nSPS) is 16.9. The largest absolute Gasteiger partial charge is 0.384 e. The maximum Gasteiger partial charge on any atom is 0.134 e. The Bertz CT molecular complexity index is 1150. The number of nitrogens with one attached hydrogen (secondary N) is 1. The molecule has 0 bridgehead atoms. The third-order valence-electron chi connectivity index (χ3n) is 7.35. The quantitative estimate of drug-likeness (QED) is 0.426. The van der Waals surface area contributed by atoms with Crippen molar-refractivity contribution in [3.8, 4) is 0 Å². The number of benzene rings is 1. The molecular weight excluding hydrogens is 456 g/mol. The first kappa shape index (κ1) is 24.1. The number of anilines is 3. The Morgan fingerprint density at radius 1 is 0.971 bits per heavy atom. The summed E-state index contributed by atoms with van der Waals surface area (Å²) in [4.78, 5) is 17.1. The summed E-state index contributed by atoms with van der Waals surface area (Å²) in [5.74, 6) is 1.24. The Morgan fingerprint density at radius 2 is 1.77 bits per heavy atom. The first-order chi connectivity index (χ1) is 17.1. The van der Waals surface area contributed by atoms with Gasteiger partial charge in [0.05, 0.1) is 5.52 Å². The van der Waals surface area contributed by atoms with Crippen molar-refractivity contribution < 1.29 is 0 Å². The summed E-state index contributed by atoms with van der Waals surface area (Å²) in [7, 11) is 0. The van der Waals surface area contributed by atoms with Crippen LogP contribution in [0.4, 0.5) is 17.2 Å². The van der Waals surface area contributed by atoms with Gasteiger partial charge in [0, 0.05) is 85.1 Å². The number of hydrogen-bond donors (Lipinski definition) is 1. The lowest BCUT2D eigenvalue weighted by molar-refractivity contribution is 0.257. The average Bonchev–Trinajstić information content (AvgIpc) is 3.41. The zero-order valence-corrected chi connectivity index (χ0v) is 21.8. The second-order valence-corrected chi connectivity index (χ2v) is 10.2. The molecular formula is C28H37ClN6. The second kappa shape index (κ2) is 11.0. The lowest BCUT2D eigenvalue weighted by atomic mass is 10.1. The number of aromatic nitrogens is 2. The fraction of sp³-hybridized carbons (Fsp3) is 0.500. The third-order valence-corrected chi connectivity index (χ3v) is 7.59. The van der Waals surface area contributed by atoms with E-state index in [-0.39, 0.29) is 0 Å². The molecule has 6 nitrogen and oxygen atoms in total. The van der Waals surface area contributed by atoms with E-state index in [1.54, 1.807) is 0 Å². The van der Waals surface area contributed by atoms with Crippen molar-refractivity contribution in [3.63, 3.8) is 0 Å². The highest BCUT2D eigenvalue weighted by Gasteiger charge is 2.24. The molecule has 0 amide bonds.